The van der Waals surface area contributed by atoms with Gasteiger partial charge in [0.1, 0.15) is 0 Å². The van der Waals surface area contributed by atoms with Crippen LogP contribution in [-0.4, -0.2) is 35.4 Å². The Balaban J connectivity index is 2.05. The van der Waals surface area contributed by atoms with E-state index in [0.29, 0.717) is 31.1 Å². The molecule has 1 aliphatic rings. The Bertz CT molecular complexity index is 490. The topological polar surface area (TPSA) is 89.5 Å². The lowest BCUT2D eigenvalue weighted by Gasteiger charge is -2.16. The number of nitrogens with two attached hydrogens (primary N) is 1. The number of hydrogen-bond acceptors (Lipinski definition) is 4. The molecule has 0 aliphatic carbocycles. The number of likely N-dealkylation sites (tertiary alicyclic amines) is 1. The number of nitro groups is 1. The van der Waals surface area contributed by atoms with Gasteiger partial charge >= 0.3 is 0 Å². The summed E-state index contributed by atoms with van der Waals surface area (Å²) in [6.07, 6.45) is 0.994. The maximum atomic E-state index is 12.1. The molecule has 1 aromatic carbocycles. The molecule has 1 atom stereocenters. The molecule has 19 heavy (non-hydrogen) atoms. The number of rotatable bonds is 4. The molecule has 2 rings (SSSR count). The molecule has 0 spiro atoms. The van der Waals surface area contributed by atoms with E-state index in [-0.39, 0.29) is 18.0 Å². The fourth-order valence-corrected chi connectivity index (χ4v) is 2.36. The Morgan fingerprint density at radius 2 is 2.21 bits per heavy atom. The van der Waals surface area contributed by atoms with E-state index in [4.69, 9.17) is 5.73 Å². The summed E-state index contributed by atoms with van der Waals surface area (Å²) in [5.74, 6) is 0.292. The Morgan fingerprint density at radius 3 is 2.84 bits per heavy atom. The van der Waals surface area contributed by atoms with Crippen molar-refractivity contribution in [3.8, 4) is 0 Å². The van der Waals surface area contributed by atoms with Crippen molar-refractivity contribution in [2.45, 2.75) is 12.8 Å². The van der Waals surface area contributed by atoms with Gasteiger partial charge in [-0.05, 0) is 18.9 Å². The molecule has 0 saturated carbocycles. The standard InChI is InChI=1S/C13H17N3O3/c14-8-10-5-6-15(9-10)13(17)7-11-3-1-2-4-12(11)16(18)19/h1-4,10H,5-9,14H2. The zero-order valence-electron chi connectivity index (χ0n) is 10.6. The molecule has 1 fully saturated rings. The normalized spacial score (nSPS) is 18.6. The summed E-state index contributed by atoms with van der Waals surface area (Å²) in [7, 11) is 0. The van der Waals surface area contributed by atoms with Crippen LogP contribution in [-0.2, 0) is 11.2 Å². The molecular weight excluding hydrogens is 246 g/mol. The van der Waals surface area contributed by atoms with Gasteiger partial charge in [0.2, 0.25) is 5.91 Å². The van der Waals surface area contributed by atoms with E-state index in [9.17, 15) is 14.9 Å². The van der Waals surface area contributed by atoms with Gasteiger partial charge in [0.05, 0.1) is 11.3 Å². The van der Waals surface area contributed by atoms with Gasteiger partial charge in [-0.1, -0.05) is 18.2 Å². The highest BCUT2D eigenvalue weighted by atomic mass is 16.6. The molecule has 102 valence electrons. The van der Waals surface area contributed by atoms with Crippen molar-refractivity contribution in [3.63, 3.8) is 0 Å². The molecule has 6 nitrogen and oxygen atoms in total. The van der Waals surface area contributed by atoms with Crippen molar-refractivity contribution < 1.29 is 9.72 Å². The molecule has 1 aliphatic heterocycles. The molecule has 1 heterocycles. The van der Waals surface area contributed by atoms with E-state index in [1.54, 1.807) is 23.1 Å². The van der Waals surface area contributed by atoms with Crippen molar-refractivity contribution >= 4 is 11.6 Å². The molecule has 2 N–H and O–H groups in total. The third-order valence-corrected chi connectivity index (χ3v) is 3.50. The fourth-order valence-electron chi connectivity index (χ4n) is 2.36. The number of carbonyl (C=O) groups excluding carboxylic acids is 1. The van der Waals surface area contributed by atoms with E-state index in [2.05, 4.69) is 0 Å². The van der Waals surface area contributed by atoms with Gasteiger partial charge in [-0.15, -0.1) is 0 Å². The maximum absolute atomic E-state index is 12.1. The van der Waals surface area contributed by atoms with E-state index in [0.717, 1.165) is 6.42 Å². The van der Waals surface area contributed by atoms with Crippen molar-refractivity contribution in [1.29, 1.82) is 0 Å². The van der Waals surface area contributed by atoms with Crippen LogP contribution in [0.1, 0.15) is 12.0 Å². The number of carbonyl (C=O) groups is 1. The summed E-state index contributed by atoms with van der Waals surface area (Å²) in [5.41, 5.74) is 6.06. The average Bonchev–Trinajstić information content (AvgIpc) is 2.88. The molecule has 1 unspecified atom stereocenters. The Morgan fingerprint density at radius 1 is 1.47 bits per heavy atom. The lowest BCUT2D eigenvalue weighted by Crippen LogP contribution is -2.31. The van der Waals surface area contributed by atoms with Crippen LogP contribution in [0, 0.1) is 16.0 Å². The van der Waals surface area contributed by atoms with Crippen LogP contribution in [0.25, 0.3) is 0 Å². The zero-order valence-corrected chi connectivity index (χ0v) is 10.6. The van der Waals surface area contributed by atoms with Crippen LogP contribution in [0.15, 0.2) is 24.3 Å². The molecular formula is C13H17N3O3. The van der Waals surface area contributed by atoms with Gasteiger partial charge in [-0.25, -0.2) is 0 Å². The summed E-state index contributed by atoms with van der Waals surface area (Å²) < 4.78 is 0. The number of nitro benzene ring substituents is 1. The average molecular weight is 263 g/mol. The lowest BCUT2D eigenvalue weighted by atomic mass is 10.1. The summed E-state index contributed by atoms with van der Waals surface area (Å²) in [4.78, 5) is 24.3. The van der Waals surface area contributed by atoms with Crippen LogP contribution in [0.2, 0.25) is 0 Å². The van der Waals surface area contributed by atoms with E-state index < -0.39 is 4.92 Å². The number of para-hydroxylation sites is 1. The van der Waals surface area contributed by atoms with E-state index in [1.165, 1.54) is 6.07 Å². The quantitative estimate of drug-likeness (QED) is 0.646. The highest BCUT2D eigenvalue weighted by Gasteiger charge is 2.26. The Kier molecular flexibility index (Phi) is 4.11. The summed E-state index contributed by atoms with van der Waals surface area (Å²) >= 11 is 0. The number of benzene rings is 1. The predicted octanol–water partition coefficient (Wildman–Crippen LogP) is 0.944. The van der Waals surface area contributed by atoms with Gasteiger partial charge in [0.15, 0.2) is 0 Å². The van der Waals surface area contributed by atoms with Crippen LogP contribution < -0.4 is 5.73 Å². The van der Waals surface area contributed by atoms with E-state index in [1.807, 2.05) is 0 Å². The maximum Gasteiger partial charge on any atom is 0.273 e. The molecule has 0 radical (unpaired) electrons. The van der Waals surface area contributed by atoms with Crippen molar-refractivity contribution in [2.24, 2.45) is 11.7 Å². The second-order valence-corrected chi connectivity index (χ2v) is 4.79. The molecule has 0 bridgehead atoms. The minimum absolute atomic E-state index is 0.00502. The zero-order chi connectivity index (χ0) is 13.8. The van der Waals surface area contributed by atoms with Crippen LogP contribution in [0.5, 0.6) is 0 Å². The largest absolute Gasteiger partial charge is 0.342 e. The van der Waals surface area contributed by atoms with Crippen LogP contribution in [0.3, 0.4) is 0 Å². The molecule has 1 aromatic rings. The summed E-state index contributed by atoms with van der Waals surface area (Å²) in [5, 5.41) is 10.9. The SMILES string of the molecule is NCC1CCN(C(=O)Cc2ccccc2[N+](=O)[O-])C1. The second-order valence-electron chi connectivity index (χ2n) is 4.79. The third-order valence-electron chi connectivity index (χ3n) is 3.50. The van der Waals surface area contributed by atoms with Crippen LogP contribution in [0.4, 0.5) is 5.69 Å². The lowest BCUT2D eigenvalue weighted by molar-refractivity contribution is -0.385. The summed E-state index contributed by atoms with van der Waals surface area (Å²) in [6, 6.07) is 6.37. The van der Waals surface area contributed by atoms with Gasteiger partial charge in [0.25, 0.3) is 5.69 Å². The molecule has 1 amide bonds. The van der Waals surface area contributed by atoms with Crippen molar-refractivity contribution in [2.75, 3.05) is 19.6 Å². The minimum atomic E-state index is -0.449. The van der Waals surface area contributed by atoms with Gasteiger partial charge in [-0.3, -0.25) is 14.9 Å². The smallest absolute Gasteiger partial charge is 0.273 e. The number of amides is 1. The minimum Gasteiger partial charge on any atom is -0.342 e. The number of nitrogens with zero attached hydrogens (tertiary/aromatic N) is 2. The molecule has 0 aromatic heterocycles. The van der Waals surface area contributed by atoms with Crippen molar-refractivity contribution in [3.05, 3.63) is 39.9 Å². The van der Waals surface area contributed by atoms with E-state index >= 15 is 0 Å². The molecule has 6 heteroatoms. The molecule has 1 saturated heterocycles. The highest BCUT2D eigenvalue weighted by molar-refractivity contribution is 5.80. The van der Waals surface area contributed by atoms with Crippen molar-refractivity contribution in [1.82, 2.24) is 4.90 Å². The highest BCUT2D eigenvalue weighted by Crippen LogP contribution is 2.21. The third kappa shape index (κ3) is 3.08. The van der Waals surface area contributed by atoms with Gasteiger partial charge in [0, 0.05) is 24.7 Å². The van der Waals surface area contributed by atoms with Gasteiger partial charge in [-0.2, -0.15) is 0 Å². The summed E-state index contributed by atoms with van der Waals surface area (Å²) in [6.45, 7) is 1.94. The second kappa shape index (κ2) is 5.79. The van der Waals surface area contributed by atoms with Gasteiger partial charge < -0.3 is 10.6 Å². The first-order valence-corrected chi connectivity index (χ1v) is 6.32. The predicted molar refractivity (Wildman–Crippen MR) is 70.5 cm³/mol. The first kappa shape index (κ1) is 13.5. The van der Waals surface area contributed by atoms with Crippen LogP contribution >= 0.6 is 0 Å². The fraction of sp³-hybridized carbons (Fsp3) is 0.462. The first-order chi connectivity index (χ1) is 9.11. The first-order valence-electron chi connectivity index (χ1n) is 6.32. The Labute approximate surface area is 111 Å². The Hall–Kier alpha value is -1.95. The number of hydrogen-bond donors (Lipinski definition) is 1. The monoisotopic (exact) mass is 263 g/mol.